The van der Waals surface area contributed by atoms with Crippen LogP contribution >= 0.6 is 0 Å². The van der Waals surface area contributed by atoms with Gasteiger partial charge in [-0.2, -0.15) is 0 Å². The highest BCUT2D eigenvalue weighted by molar-refractivity contribution is 6.46. The molecule has 0 unspecified atom stereocenters. The Kier molecular flexibility index (Phi) is 7.16. The second-order valence-corrected chi connectivity index (χ2v) is 9.69. The molecule has 1 aliphatic heterocycles. The number of amides is 3. The normalized spacial score (nSPS) is 13.9. The number of fused-ring (bicyclic) bond motifs is 1. The molecule has 2 heterocycles. The van der Waals surface area contributed by atoms with Gasteiger partial charge in [0.05, 0.1) is 17.3 Å². The second kappa shape index (κ2) is 10.9. The van der Waals surface area contributed by atoms with Crippen LogP contribution in [0, 0.1) is 13.8 Å². The zero-order valence-electron chi connectivity index (χ0n) is 22.3. The predicted octanol–water partition coefficient (Wildman–Crippen LogP) is 5.44. The van der Waals surface area contributed by atoms with Crippen LogP contribution in [0.2, 0.25) is 0 Å². The fourth-order valence-corrected chi connectivity index (χ4v) is 4.72. The predicted molar refractivity (Wildman–Crippen MR) is 155 cm³/mol. The van der Waals surface area contributed by atoms with Crippen LogP contribution < -0.4 is 16.0 Å². The summed E-state index contributed by atoms with van der Waals surface area (Å²) >= 11 is 0. The van der Waals surface area contributed by atoms with Gasteiger partial charge in [0.2, 0.25) is 0 Å². The Bertz CT molecular complexity index is 1670. The summed E-state index contributed by atoms with van der Waals surface area (Å²) in [7, 11) is 0. The van der Waals surface area contributed by atoms with Crippen molar-refractivity contribution in [1.82, 2.24) is 10.3 Å². The van der Waals surface area contributed by atoms with Crippen LogP contribution in [0.15, 0.2) is 78.9 Å². The number of hydrogen-bond donors (Lipinski definition) is 4. The first kappa shape index (κ1) is 26.4. The van der Waals surface area contributed by atoms with Gasteiger partial charge in [0.15, 0.2) is 0 Å². The van der Waals surface area contributed by atoms with Gasteiger partial charge in [0.25, 0.3) is 23.5 Å². The topological polar surface area (TPSA) is 120 Å². The SMILES string of the molecule is Cc1[nH]c(/C=C2\C(=O)Nc3ccc(C(=O)N[C@H](C)c4ccccc4)cc32)c(C)c1NC(=O)C(=O)c1ccccc1. The molecular formula is C32H28N4O4. The third-order valence-corrected chi connectivity index (χ3v) is 6.96. The average Bonchev–Trinajstić information content (AvgIpc) is 3.42. The second-order valence-electron chi connectivity index (χ2n) is 9.69. The van der Waals surface area contributed by atoms with Crippen LogP contribution in [-0.2, 0) is 9.59 Å². The molecule has 8 heteroatoms. The third-order valence-electron chi connectivity index (χ3n) is 6.96. The van der Waals surface area contributed by atoms with Gasteiger partial charge in [-0.3, -0.25) is 19.2 Å². The number of nitrogens with one attached hydrogen (secondary N) is 4. The smallest absolute Gasteiger partial charge is 0.296 e. The number of anilines is 2. The molecule has 0 aliphatic carbocycles. The lowest BCUT2D eigenvalue weighted by atomic mass is 10.0. The number of aromatic amines is 1. The van der Waals surface area contributed by atoms with Crippen molar-refractivity contribution in [2.75, 3.05) is 10.6 Å². The summed E-state index contributed by atoms with van der Waals surface area (Å²) < 4.78 is 0. The maximum atomic E-state index is 13.0. The summed E-state index contributed by atoms with van der Waals surface area (Å²) in [6.45, 7) is 5.48. The van der Waals surface area contributed by atoms with Gasteiger partial charge in [0.1, 0.15) is 0 Å². The highest BCUT2D eigenvalue weighted by atomic mass is 16.2. The van der Waals surface area contributed by atoms with Gasteiger partial charge in [-0.15, -0.1) is 0 Å². The minimum atomic E-state index is -0.750. The van der Waals surface area contributed by atoms with E-state index in [2.05, 4.69) is 20.9 Å². The molecule has 0 saturated carbocycles. The standard InChI is InChI=1S/C32H28N4O4/c1-18-27(33-20(3)28(18)36-32(40)29(37)22-12-8-5-9-13-22)17-25-24-16-23(14-15-26(24)35-31(25)39)30(38)34-19(2)21-10-6-4-7-11-21/h4-17,19,33H,1-3H3,(H,34,38)(H,35,39)(H,36,40)/b25-17-/t19-/m1/s1. The van der Waals surface area contributed by atoms with Crippen molar-refractivity contribution in [3.63, 3.8) is 0 Å². The number of aryl methyl sites for hydroxylation is 1. The fraction of sp³-hybridized carbons (Fsp3) is 0.125. The lowest BCUT2D eigenvalue weighted by Crippen LogP contribution is -2.26. The summed E-state index contributed by atoms with van der Waals surface area (Å²) in [5, 5.41) is 8.55. The van der Waals surface area contributed by atoms with Crippen LogP contribution in [0.4, 0.5) is 11.4 Å². The Morgan fingerprint density at radius 3 is 2.25 bits per heavy atom. The van der Waals surface area contributed by atoms with Crippen molar-refractivity contribution in [3.05, 3.63) is 118 Å². The number of ketones is 1. The number of benzene rings is 3. The summed E-state index contributed by atoms with van der Waals surface area (Å²) in [4.78, 5) is 54.3. The van der Waals surface area contributed by atoms with Crippen LogP contribution in [0.1, 0.15) is 61.8 Å². The first-order chi connectivity index (χ1) is 19.2. The minimum absolute atomic E-state index is 0.191. The quantitative estimate of drug-likeness (QED) is 0.144. The Morgan fingerprint density at radius 2 is 1.55 bits per heavy atom. The van der Waals surface area contributed by atoms with Gasteiger partial charge < -0.3 is 20.9 Å². The minimum Gasteiger partial charge on any atom is -0.357 e. The van der Waals surface area contributed by atoms with Crippen LogP contribution in [0.5, 0.6) is 0 Å². The highest BCUT2D eigenvalue weighted by Gasteiger charge is 2.27. The van der Waals surface area contributed by atoms with Crippen LogP contribution in [-0.4, -0.2) is 28.5 Å². The highest BCUT2D eigenvalue weighted by Crippen LogP contribution is 2.35. The maximum Gasteiger partial charge on any atom is 0.296 e. The Morgan fingerprint density at radius 1 is 0.875 bits per heavy atom. The first-order valence-electron chi connectivity index (χ1n) is 12.9. The molecule has 5 rings (SSSR count). The average molecular weight is 533 g/mol. The lowest BCUT2D eigenvalue weighted by Gasteiger charge is -2.14. The molecule has 40 heavy (non-hydrogen) atoms. The van der Waals surface area contributed by atoms with E-state index in [1.54, 1.807) is 68.5 Å². The number of carbonyl (C=O) groups excluding carboxylic acids is 4. The van der Waals surface area contributed by atoms with Crippen molar-refractivity contribution in [2.24, 2.45) is 0 Å². The van der Waals surface area contributed by atoms with E-state index >= 15 is 0 Å². The number of H-pyrrole nitrogens is 1. The van der Waals surface area contributed by atoms with Gasteiger partial charge >= 0.3 is 0 Å². The van der Waals surface area contributed by atoms with Gasteiger partial charge in [-0.25, -0.2) is 0 Å². The molecular weight excluding hydrogens is 504 g/mol. The fourth-order valence-electron chi connectivity index (χ4n) is 4.72. The molecule has 0 fully saturated rings. The Hall–Kier alpha value is -5.24. The van der Waals surface area contributed by atoms with E-state index in [1.807, 2.05) is 37.3 Å². The van der Waals surface area contributed by atoms with E-state index in [1.165, 1.54) is 0 Å². The molecule has 1 atom stereocenters. The van der Waals surface area contributed by atoms with E-state index in [9.17, 15) is 19.2 Å². The molecule has 3 aromatic carbocycles. The van der Waals surface area contributed by atoms with Crippen molar-refractivity contribution >= 4 is 46.5 Å². The number of Topliss-reactive ketones (excluding diaryl/α,β-unsaturated/α-hetero) is 1. The van der Waals surface area contributed by atoms with Gasteiger partial charge in [0, 0.05) is 33.8 Å². The number of carbonyl (C=O) groups is 4. The molecule has 4 N–H and O–H groups in total. The Labute approximate surface area is 231 Å². The molecule has 0 spiro atoms. The summed E-state index contributed by atoms with van der Waals surface area (Å²) in [6, 6.07) is 22.9. The molecule has 4 aromatic rings. The van der Waals surface area contributed by atoms with E-state index < -0.39 is 11.7 Å². The van der Waals surface area contributed by atoms with Crippen LogP contribution in [0.3, 0.4) is 0 Å². The largest absolute Gasteiger partial charge is 0.357 e. The monoisotopic (exact) mass is 532 g/mol. The van der Waals surface area contributed by atoms with Gasteiger partial charge in [-0.1, -0.05) is 60.7 Å². The summed E-state index contributed by atoms with van der Waals surface area (Å²) in [6.07, 6.45) is 1.69. The summed E-state index contributed by atoms with van der Waals surface area (Å²) in [5.74, 6) is -1.95. The molecule has 8 nitrogen and oxygen atoms in total. The maximum absolute atomic E-state index is 13.0. The van der Waals surface area contributed by atoms with E-state index in [4.69, 9.17) is 0 Å². The molecule has 0 bridgehead atoms. The van der Waals surface area contributed by atoms with Crippen molar-refractivity contribution < 1.29 is 19.2 Å². The van der Waals surface area contributed by atoms with Crippen molar-refractivity contribution in [3.8, 4) is 0 Å². The Balaban J connectivity index is 1.39. The number of rotatable bonds is 7. The van der Waals surface area contributed by atoms with Crippen LogP contribution in [0.25, 0.3) is 11.6 Å². The lowest BCUT2D eigenvalue weighted by molar-refractivity contribution is -0.112. The number of aromatic nitrogens is 1. The van der Waals surface area contributed by atoms with Gasteiger partial charge in [-0.05, 0) is 56.2 Å². The van der Waals surface area contributed by atoms with E-state index in [-0.39, 0.29) is 17.9 Å². The molecule has 0 radical (unpaired) electrons. The molecule has 0 saturated heterocycles. The van der Waals surface area contributed by atoms with Crippen molar-refractivity contribution in [2.45, 2.75) is 26.8 Å². The van der Waals surface area contributed by atoms with E-state index in [0.717, 1.165) is 5.56 Å². The zero-order chi connectivity index (χ0) is 28.4. The van der Waals surface area contributed by atoms with Crippen molar-refractivity contribution in [1.29, 1.82) is 0 Å². The zero-order valence-corrected chi connectivity index (χ0v) is 22.3. The first-order valence-corrected chi connectivity index (χ1v) is 12.9. The molecule has 1 aliphatic rings. The molecule has 200 valence electrons. The van der Waals surface area contributed by atoms with E-state index in [0.29, 0.717) is 50.6 Å². The third kappa shape index (κ3) is 5.19. The molecule has 1 aromatic heterocycles. The summed E-state index contributed by atoms with van der Waals surface area (Å²) in [5.41, 5.74) is 5.68. The number of hydrogen-bond acceptors (Lipinski definition) is 4. The molecule has 3 amide bonds.